The number of nitrogens with zero attached hydrogens (tertiary/aromatic N) is 2. The number of aliphatic hydroxyl groups excluding tert-OH is 1. The van der Waals surface area contributed by atoms with Gasteiger partial charge in [0.05, 0.1) is 11.4 Å². The second-order valence-corrected chi connectivity index (χ2v) is 2.86. The van der Waals surface area contributed by atoms with Gasteiger partial charge in [0.1, 0.15) is 0 Å². The second-order valence-electron chi connectivity index (χ2n) is 2.86. The van der Waals surface area contributed by atoms with Gasteiger partial charge < -0.3 is 10.8 Å². The average molecular weight is 169 g/mol. The molecule has 1 aromatic heterocycles. The molecule has 3 N–H and O–H groups in total. The molecule has 0 bridgehead atoms. The van der Waals surface area contributed by atoms with Gasteiger partial charge in [0.25, 0.3) is 0 Å². The maximum absolute atomic E-state index is 8.55. The molecule has 12 heavy (non-hydrogen) atoms. The van der Waals surface area contributed by atoms with Gasteiger partial charge in [-0.3, -0.25) is 4.68 Å². The van der Waals surface area contributed by atoms with Crippen molar-refractivity contribution in [3.05, 3.63) is 11.9 Å². The van der Waals surface area contributed by atoms with E-state index in [2.05, 4.69) is 5.10 Å². The van der Waals surface area contributed by atoms with Crippen molar-refractivity contribution in [1.82, 2.24) is 9.78 Å². The number of aromatic nitrogens is 2. The molecule has 0 saturated heterocycles. The first kappa shape index (κ1) is 9.06. The van der Waals surface area contributed by atoms with Crippen molar-refractivity contribution in [1.29, 1.82) is 0 Å². The van der Waals surface area contributed by atoms with Crippen LogP contribution in [-0.4, -0.2) is 21.5 Å². The van der Waals surface area contributed by atoms with Crippen molar-refractivity contribution < 1.29 is 5.11 Å². The van der Waals surface area contributed by atoms with Crippen LogP contribution < -0.4 is 5.73 Å². The number of hydrogen-bond donors (Lipinski definition) is 2. The predicted molar refractivity (Wildman–Crippen MR) is 47.7 cm³/mol. The molecule has 4 nitrogen and oxygen atoms in total. The standard InChI is InChI=1S/C8H15N3O/c1-7-8(9)6-11(10-7)4-2-3-5-12/h6,12H,2-5,9H2,1H3. The number of aryl methyl sites for hydroxylation is 2. The lowest BCUT2D eigenvalue weighted by atomic mass is 10.3. The lowest BCUT2D eigenvalue weighted by molar-refractivity contribution is 0.280. The van der Waals surface area contributed by atoms with E-state index >= 15 is 0 Å². The smallest absolute Gasteiger partial charge is 0.0822 e. The molecule has 0 aliphatic heterocycles. The number of anilines is 1. The monoisotopic (exact) mass is 169 g/mol. The number of hydrogen-bond acceptors (Lipinski definition) is 3. The highest BCUT2D eigenvalue weighted by Gasteiger charge is 1.99. The van der Waals surface area contributed by atoms with Crippen LogP contribution in [0.25, 0.3) is 0 Å². The maximum atomic E-state index is 8.55. The molecule has 0 aliphatic carbocycles. The zero-order chi connectivity index (χ0) is 8.97. The fraction of sp³-hybridized carbons (Fsp3) is 0.625. The molecule has 0 aliphatic rings. The van der Waals surface area contributed by atoms with Crippen LogP contribution in [0.4, 0.5) is 5.69 Å². The Labute approximate surface area is 72.0 Å². The molecule has 4 heteroatoms. The lowest BCUT2D eigenvalue weighted by Crippen LogP contribution is -1.99. The minimum atomic E-state index is 0.246. The quantitative estimate of drug-likeness (QED) is 0.647. The Balaban J connectivity index is 2.42. The third-order valence-corrected chi connectivity index (χ3v) is 1.78. The SMILES string of the molecule is Cc1nn(CCCCO)cc1N. The number of unbranched alkanes of at least 4 members (excludes halogenated alkanes) is 1. The van der Waals surface area contributed by atoms with Crippen LogP contribution in [0.3, 0.4) is 0 Å². The van der Waals surface area contributed by atoms with Gasteiger partial charge in [-0.25, -0.2) is 0 Å². The van der Waals surface area contributed by atoms with Gasteiger partial charge in [-0.15, -0.1) is 0 Å². The first-order chi connectivity index (χ1) is 5.74. The molecule has 0 aromatic carbocycles. The highest BCUT2D eigenvalue weighted by atomic mass is 16.2. The van der Waals surface area contributed by atoms with E-state index in [9.17, 15) is 0 Å². The van der Waals surface area contributed by atoms with Crippen LogP contribution >= 0.6 is 0 Å². The molecule has 1 heterocycles. The zero-order valence-electron chi connectivity index (χ0n) is 7.32. The number of aliphatic hydroxyl groups is 1. The van der Waals surface area contributed by atoms with E-state index in [0.717, 1.165) is 30.8 Å². The highest BCUT2D eigenvalue weighted by Crippen LogP contribution is 2.07. The summed E-state index contributed by atoms with van der Waals surface area (Å²) in [5.74, 6) is 0. The Morgan fingerprint density at radius 3 is 2.83 bits per heavy atom. The highest BCUT2D eigenvalue weighted by molar-refractivity contribution is 5.39. The summed E-state index contributed by atoms with van der Waals surface area (Å²) in [6.07, 6.45) is 3.59. The fourth-order valence-electron chi connectivity index (χ4n) is 1.03. The lowest BCUT2D eigenvalue weighted by Gasteiger charge is -1.98. The van der Waals surface area contributed by atoms with E-state index in [1.807, 2.05) is 17.8 Å². The van der Waals surface area contributed by atoms with Gasteiger partial charge in [-0.2, -0.15) is 5.10 Å². The summed E-state index contributed by atoms with van der Waals surface area (Å²) in [5, 5.41) is 12.7. The third-order valence-electron chi connectivity index (χ3n) is 1.78. The number of nitrogen functional groups attached to an aromatic ring is 1. The normalized spacial score (nSPS) is 10.5. The molecule has 0 atom stereocenters. The van der Waals surface area contributed by atoms with Crippen LogP contribution in [0.5, 0.6) is 0 Å². The van der Waals surface area contributed by atoms with E-state index in [4.69, 9.17) is 10.8 Å². The van der Waals surface area contributed by atoms with Crippen molar-refractivity contribution in [2.75, 3.05) is 12.3 Å². The molecule has 1 rings (SSSR count). The molecule has 68 valence electrons. The first-order valence-corrected chi connectivity index (χ1v) is 4.14. The maximum Gasteiger partial charge on any atom is 0.0822 e. The molecular formula is C8H15N3O. The number of rotatable bonds is 4. The molecule has 0 fully saturated rings. The van der Waals surface area contributed by atoms with Crippen LogP contribution in [0.15, 0.2) is 6.20 Å². The van der Waals surface area contributed by atoms with Gasteiger partial charge in [-0.1, -0.05) is 0 Å². The van der Waals surface area contributed by atoms with Crippen molar-refractivity contribution in [3.63, 3.8) is 0 Å². The van der Waals surface area contributed by atoms with E-state index < -0.39 is 0 Å². The van der Waals surface area contributed by atoms with Crippen LogP contribution in [0, 0.1) is 6.92 Å². The minimum Gasteiger partial charge on any atom is -0.396 e. The summed E-state index contributed by atoms with van der Waals surface area (Å²) < 4.78 is 1.82. The summed E-state index contributed by atoms with van der Waals surface area (Å²) >= 11 is 0. The van der Waals surface area contributed by atoms with Crippen LogP contribution in [0.2, 0.25) is 0 Å². The van der Waals surface area contributed by atoms with Gasteiger partial charge in [-0.05, 0) is 19.8 Å². The molecular weight excluding hydrogens is 154 g/mol. The summed E-state index contributed by atoms with van der Waals surface area (Å²) in [7, 11) is 0. The Morgan fingerprint density at radius 1 is 1.58 bits per heavy atom. The molecule has 0 spiro atoms. The molecule has 0 amide bonds. The topological polar surface area (TPSA) is 64.1 Å². The number of nitrogens with two attached hydrogens (primary N) is 1. The molecule has 1 aromatic rings. The van der Waals surface area contributed by atoms with Crippen LogP contribution in [0.1, 0.15) is 18.5 Å². The van der Waals surface area contributed by atoms with E-state index in [-0.39, 0.29) is 6.61 Å². The van der Waals surface area contributed by atoms with Crippen molar-refractivity contribution >= 4 is 5.69 Å². The Morgan fingerprint density at radius 2 is 2.33 bits per heavy atom. The first-order valence-electron chi connectivity index (χ1n) is 4.14. The second kappa shape index (κ2) is 4.11. The van der Waals surface area contributed by atoms with E-state index in [0.29, 0.717) is 0 Å². The van der Waals surface area contributed by atoms with Crippen molar-refractivity contribution in [2.45, 2.75) is 26.3 Å². The largest absolute Gasteiger partial charge is 0.396 e. The van der Waals surface area contributed by atoms with E-state index in [1.165, 1.54) is 0 Å². The Kier molecular flexibility index (Phi) is 3.10. The predicted octanol–water partition coefficient (Wildman–Crippen LogP) is 0.546. The molecule has 0 saturated carbocycles. The van der Waals surface area contributed by atoms with E-state index in [1.54, 1.807) is 0 Å². The van der Waals surface area contributed by atoms with Gasteiger partial charge >= 0.3 is 0 Å². The molecule has 0 unspecified atom stereocenters. The third kappa shape index (κ3) is 2.23. The fourth-order valence-corrected chi connectivity index (χ4v) is 1.03. The van der Waals surface area contributed by atoms with Gasteiger partial charge in [0.2, 0.25) is 0 Å². The van der Waals surface area contributed by atoms with Crippen LogP contribution in [-0.2, 0) is 6.54 Å². The average Bonchev–Trinajstić information content (AvgIpc) is 2.32. The Bertz CT molecular complexity index is 225. The van der Waals surface area contributed by atoms with Crippen molar-refractivity contribution in [3.8, 4) is 0 Å². The molecule has 0 radical (unpaired) electrons. The van der Waals surface area contributed by atoms with Gasteiger partial charge in [0, 0.05) is 19.3 Å². The van der Waals surface area contributed by atoms with Crippen molar-refractivity contribution in [2.24, 2.45) is 0 Å². The summed E-state index contributed by atoms with van der Waals surface area (Å²) in [6.45, 7) is 2.96. The zero-order valence-corrected chi connectivity index (χ0v) is 7.32. The Hall–Kier alpha value is -1.03. The van der Waals surface area contributed by atoms with Gasteiger partial charge in [0.15, 0.2) is 0 Å². The minimum absolute atomic E-state index is 0.246. The summed E-state index contributed by atoms with van der Waals surface area (Å²) in [4.78, 5) is 0. The summed E-state index contributed by atoms with van der Waals surface area (Å²) in [6, 6.07) is 0. The summed E-state index contributed by atoms with van der Waals surface area (Å²) in [5.41, 5.74) is 7.22.